The molecule has 0 amide bonds. The molecule has 6 nitrogen and oxygen atoms in total. The molecule has 1 aromatic carbocycles. The van der Waals surface area contributed by atoms with Crippen LogP contribution in [0, 0.1) is 0 Å². The highest BCUT2D eigenvalue weighted by Gasteiger charge is 2.00. The summed E-state index contributed by atoms with van der Waals surface area (Å²) in [6.07, 6.45) is 1.77. The van der Waals surface area contributed by atoms with E-state index in [9.17, 15) is 0 Å². The summed E-state index contributed by atoms with van der Waals surface area (Å²) < 4.78 is 10.2. The van der Waals surface area contributed by atoms with Gasteiger partial charge in [-0.25, -0.2) is 9.98 Å². The lowest BCUT2D eigenvalue weighted by Gasteiger charge is -2.11. The molecule has 2 rings (SSSR count). The molecule has 1 aromatic heterocycles. The summed E-state index contributed by atoms with van der Waals surface area (Å²) in [5, 5.41) is 6.56. The summed E-state index contributed by atoms with van der Waals surface area (Å²) in [6, 6.07) is 11.8. The molecule has 0 radical (unpaired) electrons. The maximum absolute atomic E-state index is 5.17. The van der Waals surface area contributed by atoms with E-state index in [0.29, 0.717) is 19.0 Å². The quantitative estimate of drug-likeness (QED) is 0.381. The number of aliphatic imine (C=N–C) groups is 1. The van der Waals surface area contributed by atoms with Gasteiger partial charge in [-0.15, -0.1) is 24.0 Å². The van der Waals surface area contributed by atoms with Crippen molar-refractivity contribution in [1.82, 2.24) is 15.6 Å². The normalized spacial score (nSPS) is 10.6. The van der Waals surface area contributed by atoms with Crippen LogP contribution in [0.3, 0.4) is 0 Å². The molecule has 1 heterocycles. The number of aromatic nitrogens is 1. The third kappa shape index (κ3) is 7.16. The topological polar surface area (TPSA) is 67.8 Å². The second-order valence-corrected chi connectivity index (χ2v) is 5.11. The monoisotopic (exact) mass is 456 g/mol. The van der Waals surface area contributed by atoms with E-state index in [2.05, 4.69) is 20.6 Å². The van der Waals surface area contributed by atoms with Crippen LogP contribution in [0.15, 0.2) is 47.6 Å². The van der Waals surface area contributed by atoms with Crippen molar-refractivity contribution in [3.8, 4) is 11.6 Å². The molecule has 0 unspecified atom stereocenters. The molecule has 0 saturated carbocycles. The van der Waals surface area contributed by atoms with Gasteiger partial charge in [-0.2, -0.15) is 0 Å². The van der Waals surface area contributed by atoms with E-state index in [1.54, 1.807) is 20.4 Å². The van der Waals surface area contributed by atoms with Gasteiger partial charge in [0.15, 0.2) is 5.96 Å². The summed E-state index contributed by atoms with van der Waals surface area (Å²) >= 11 is 0. The van der Waals surface area contributed by atoms with Crippen molar-refractivity contribution in [3.05, 3.63) is 53.7 Å². The highest BCUT2D eigenvalue weighted by Crippen LogP contribution is 2.11. The number of benzene rings is 1. The standard InChI is InChI=1S/C18H24N4O2.HI/c1-4-19-18(21-11-14-5-8-16(23-2)9-6-14)22-13-15-7-10-17(24-3)20-12-15;/h5-10,12H,4,11,13H2,1-3H3,(H2,19,21,22);1H. The van der Waals surface area contributed by atoms with E-state index in [1.165, 1.54) is 0 Å². The van der Waals surface area contributed by atoms with Crippen molar-refractivity contribution in [2.24, 2.45) is 4.99 Å². The van der Waals surface area contributed by atoms with Gasteiger partial charge in [0.25, 0.3) is 0 Å². The lowest BCUT2D eigenvalue weighted by molar-refractivity contribution is 0.397. The lowest BCUT2D eigenvalue weighted by Crippen LogP contribution is -2.36. The Morgan fingerprint density at radius 3 is 2.28 bits per heavy atom. The van der Waals surface area contributed by atoms with Crippen LogP contribution in [0.25, 0.3) is 0 Å². The summed E-state index contributed by atoms with van der Waals surface area (Å²) in [5.41, 5.74) is 2.19. The zero-order valence-electron chi connectivity index (χ0n) is 14.8. The summed E-state index contributed by atoms with van der Waals surface area (Å²) in [6.45, 7) is 4.08. The Morgan fingerprint density at radius 2 is 1.72 bits per heavy atom. The van der Waals surface area contributed by atoms with Crippen molar-refractivity contribution < 1.29 is 9.47 Å². The molecule has 0 aliphatic heterocycles. The Labute approximate surface area is 166 Å². The largest absolute Gasteiger partial charge is 0.497 e. The molecule has 0 aliphatic carbocycles. The molecule has 0 saturated heterocycles. The predicted molar refractivity (Wildman–Crippen MR) is 111 cm³/mol. The number of methoxy groups -OCH3 is 2. The predicted octanol–water partition coefficient (Wildman–Crippen LogP) is 2.97. The molecule has 25 heavy (non-hydrogen) atoms. The number of hydrogen-bond acceptors (Lipinski definition) is 4. The number of nitrogens with zero attached hydrogens (tertiary/aromatic N) is 2. The van der Waals surface area contributed by atoms with Gasteiger partial charge in [-0.05, 0) is 30.2 Å². The Hall–Kier alpha value is -2.03. The van der Waals surface area contributed by atoms with Crippen LogP contribution in [0.5, 0.6) is 11.6 Å². The van der Waals surface area contributed by atoms with E-state index < -0.39 is 0 Å². The van der Waals surface area contributed by atoms with Crippen LogP contribution in [0.2, 0.25) is 0 Å². The van der Waals surface area contributed by atoms with E-state index in [1.807, 2.05) is 43.3 Å². The molecule has 0 bridgehead atoms. The minimum Gasteiger partial charge on any atom is -0.497 e. The average Bonchev–Trinajstić information content (AvgIpc) is 2.65. The Balaban J connectivity index is 0.00000312. The Kier molecular flexibility index (Phi) is 9.68. The Morgan fingerprint density at radius 1 is 1.00 bits per heavy atom. The van der Waals surface area contributed by atoms with E-state index in [0.717, 1.165) is 29.4 Å². The molecule has 2 N–H and O–H groups in total. The third-order valence-corrected chi connectivity index (χ3v) is 3.39. The third-order valence-electron chi connectivity index (χ3n) is 3.39. The van der Waals surface area contributed by atoms with Crippen LogP contribution in [0.1, 0.15) is 18.1 Å². The molecule has 0 atom stereocenters. The number of guanidine groups is 1. The van der Waals surface area contributed by atoms with Gasteiger partial charge < -0.3 is 20.1 Å². The van der Waals surface area contributed by atoms with E-state index in [4.69, 9.17) is 9.47 Å². The van der Waals surface area contributed by atoms with Gasteiger partial charge in [0.05, 0.1) is 20.8 Å². The smallest absolute Gasteiger partial charge is 0.212 e. The molecule has 7 heteroatoms. The van der Waals surface area contributed by atoms with Gasteiger partial charge >= 0.3 is 0 Å². The fourth-order valence-corrected chi connectivity index (χ4v) is 2.07. The van der Waals surface area contributed by atoms with Crippen LogP contribution in [0.4, 0.5) is 0 Å². The van der Waals surface area contributed by atoms with Crippen molar-refractivity contribution in [2.45, 2.75) is 20.0 Å². The van der Waals surface area contributed by atoms with Crippen molar-refractivity contribution in [2.75, 3.05) is 20.8 Å². The first-order valence-electron chi connectivity index (χ1n) is 7.89. The number of pyridine rings is 1. The molecule has 136 valence electrons. The van der Waals surface area contributed by atoms with Gasteiger partial charge in [-0.1, -0.05) is 18.2 Å². The SMILES string of the molecule is CCNC(=NCc1ccc(OC)nc1)NCc1ccc(OC)cc1.I. The first-order valence-corrected chi connectivity index (χ1v) is 7.89. The van der Waals surface area contributed by atoms with Gasteiger partial charge in [0.2, 0.25) is 5.88 Å². The van der Waals surface area contributed by atoms with E-state index in [-0.39, 0.29) is 24.0 Å². The summed E-state index contributed by atoms with van der Waals surface area (Å²) in [5.74, 6) is 2.22. The summed E-state index contributed by atoms with van der Waals surface area (Å²) in [7, 11) is 3.27. The number of nitrogens with one attached hydrogen (secondary N) is 2. The van der Waals surface area contributed by atoms with Gasteiger partial charge in [0.1, 0.15) is 5.75 Å². The maximum Gasteiger partial charge on any atom is 0.212 e. The highest BCUT2D eigenvalue weighted by atomic mass is 127. The number of rotatable bonds is 7. The molecule has 0 fully saturated rings. The van der Waals surface area contributed by atoms with Crippen LogP contribution >= 0.6 is 24.0 Å². The highest BCUT2D eigenvalue weighted by molar-refractivity contribution is 14.0. The average molecular weight is 456 g/mol. The van der Waals surface area contributed by atoms with Crippen LogP contribution < -0.4 is 20.1 Å². The second kappa shape index (κ2) is 11.5. The second-order valence-electron chi connectivity index (χ2n) is 5.11. The molecule has 0 aliphatic rings. The van der Waals surface area contributed by atoms with Crippen LogP contribution in [-0.4, -0.2) is 31.7 Å². The summed E-state index contributed by atoms with van der Waals surface area (Å²) in [4.78, 5) is 8.76. The van der Waals surface area contributed by atoms with Crippen molar-refractivity contribution >= 4 is 29.9 Å². The first kappa shape index (κ1) is 21.0. The fourth-order valence-electron chi connectivity index (χ4n) is 2.07. The molecule has 0 spiro atoms. The number of hydrogen-bond donors (Lipinski definition) is 2. The number of halogens is 1. The minimum atomic E-state index is 0. The maximum atomic E-state index is 5.17. The van der Waals surface area contributed by atoms with E-state index >= 15 is 0 Å². The zero-order chi connectivity index (χ0) is 17.2. The minimum absolute atomic E-state index is 0. The Bertz CT molecular complexity index is 645. The van der Waals surface area contributed by atoms with Crippen molar-refractivity contribution in [3.63, 3.8) is 0 Å². The number of ether oxygens (including phenoxy) is 2. The fraction of sp³-hybridized carbons (Fsp3) is 0.333. The van der Waals surface area contributed by atoms with Gasteiger partial charge in [-0.3, -0.25) is 0 Å². The van der Waals surface area contributed by atoms with Crippen molar-refractivity contribution in [1.29, 1.82) is 0 Å². The first-order chi connectivity index (χ1) is 11.7. The zero-order valence-corrected chi connectivity index (χ0v) is 17.1. The molecule has 2 aromatic rings. The van der Waals surface area contributed by atoms with Gasteiger partial charge in [0, 0.05) is 25.4 Å². The van der Waals surface area contributed by atoms with Crippen LogP contribution in [-0.2, 0) is 13.1 Å². The molecular weight excluding hydrogens is 431 g/mol. The lowest BCUT2D eigenvalue weighted by atomic mass is 10.2. The molecular formula is C18H25IN4O2.